The molecule has 1 heterocycles. The van der Waals surface area contributed by atoms with Gasteiger partial charge in [0.05, 0.1) is 5.92 Å². The second kappa shape index (κ2) is 1.99. The monoisotopic (exact) mass is 130 g/mol. The van der Waals surface area contributed by atoms with E-state index in [2.05, 4.69) is 4.74 Å². The van der Waals surface area contributed by atoms with Crippen LogP contribution in [0.3, 0.4) is 0 Å². The summed E-state index contributed by atoms with van der Waals surface area (Å²) < 4.78 is 4.50. The Kier molecular flexibility index (Phi) is 1.45. The zero-order valence-corrected chi connectivity index (χ0v) is 5.50. The number of aliphatic hydroxyl groups excluding tert-OH is 1. The van der Waals surface area contributed by atoms with Gasteiger partial charge >= 0.3 is 5.97 Å². The third-order valence-corrected chi connectivity index (χ3v) is 1.85. The van der Waals surface area contributed by atoms with Gasteiger partial charge in [-0.3, -0.25) is 4.79 Å². The molecule has 52 valence electrons. The van der Waals surface area contributed by atoms with Gasteiger partial charge in [0.15, 0.2) is 0 Å². The Labute approximate surface area is 53.6 Å². The van der Waals surface area contributed by atoms with Crippen molar-refractivity contribution in [3.8, 4) is 0 Å². The zero-order valence-electron chi connectivity index (χ0n) is 5.50. The first-order valence-electron chi connectivity index (χ1n) is 3.01. The molecule has 0 bridgehead atoms. The standard InChI is InChI=1S/C6H10O3/c1-3-4(2)6(8)9-5(3)7/h3-5,7H,1-2H3/t3-,4-,5+/m0/s1. The average molecular weight is 130 g/mol. The fourth-order valence-corrected chi connectivity index (χ4v) is 0.795. The third kappa shape index (κ3) is 0.920. The van der Waals surface area contributed by atoms with Crippen molar-refractivity contribution in [3.63, 3.8) is 0 Å². The molecule has 3 nitrogen and oxygen atoms in total. The van der Waals surface area contributed by atoms with E-state index in [0.29, 0.717) is 0 Å². The summed E-state index contributed by atoms with van der Waals surface area (Å²) in [7, 11) is 0. The molecule has 1 N–H and O–H groups in total. The van der Waals surface area contributed by atoms with Gasteiger partial charge in [0.25, 0.3) is 0 Å². The summed E-state index contributed by atoms with van der Waals surface area (Å²) in [6.45, 7) is 3.55. The predicted molar refractivity (Wildman–Crippen MR) is 30.4 cm³/mol. The molecule has 1 aliphatic heterocycles. The zero-order chi connectivity index (χ0) is 7.02. The van der Waals surface area contributed by atoms with Crippen LogP contribution >= 0.6 is 0 Å². The second-order valence-corrected chi connectivity index (χ2v) is 2.48. The molecule has 0 aromatic carbocycles. The van der Waals surface area contributed by atoms with Crippen LogP contribution in [0.2, 0.25) is 0 Å². The van der Waals surface area contributed by atoms with Gasteiger partial charge in [-0.1, -0.05) is 13.8 Å². The van der Waals surface area contributed by atoms with Gasteiger partial charge in [-0.2, -0.15) is 0 Å². The Morgan fingerprint density at radius 3 is 2.22 bits per heavy atom. The number of ether oxygens (including phenoxy) is 1. The van der Waals surface area contributed by atoms with Crippen LogP contribution in [0.1, 0.15) is 13.8 Å². The largest absolute Gasteiger partial charge is 0.435 e. The molecule has 3 atom stereocenters. The number of carbonyl (C=O) groups is 1. The highest BCUT2D eigenvalue weighted by atomic mass is 16.6. The first-order valence-corrected chi connectivity index (χ1v) is 3.01. The second-order valence-electron chi connectivity index (χ2n) is 2.48. The number of hydrogen-bond acceptors (Lipinski definition) is 3. The molecule has 1 fully saturated rings. The molecule has 0 aromatic rings. The Morgan fingerprint density at radius 1 is 1.56 bits per heavy atom. The molecule has 1 rings (SSSR count). The SMILES string of the molecule is C[C@@H]1[C@H](O)OC(=O)[C@H]1C. The van der Waals surface area contributed by atoms with Crippen LogP contribution in [0, 0.1) is 11.8 Å². The lowest BCUT2D eigenvalue weighted by Gasteiger charge is -2.05. The van der Waals surface area contributed by atoms with Crippen molar-refractivity contribution in [2.45, 2.75) is 20.1 Å². The predicted octanol–water partition coefficient (Wildman–Crippen LogP) is 0.134. The quantitative estimate of drug-likeness (QED) is 0.474. The minimum atomic E-state index is -0.882. The minimum Gasteiger partial charge on any atom is -0.435 e. The van der Waals surface area contributed by atoms with E-state index in [1.807, 2.05) is 0 Å². The van der Waals surface area contributed by atoms with Crippen LogP contribution in [-0.4, -0.2) is 17.4 Å². The van der Waals surface area contributed by atoms with Crippen LogP contribution in [0.25, 0.3) is 0 Å². The summed E-state index contributed by atoms with van der Waals surface area (Å²) in [6, 6.07) is 0. The molecule has 0 aliphatic carbocycles. The van der Waals surface area contributed by atoms with E-state index < -0.39 is 6.29 Å². The molecule has 0 radical (unpaired) electrons. The van der Waals surface area contributed by atoms with Crippen molar-refractivity contribution >= 4 is 5.97 Å². The van der Waals surface area contributed by atoms with Crippen molar-refractivity contribution in [1.29, 1.82) is 0 Å². The Morgan fingerprint density at radius 2 is 2.11 bits per heavy atom. The summed E-state index contributed by atoms with van der Waals surface area (Å²) in [5.41, 5.74) is 0. The number of cyclic esters (lactones) is 1. The van der Waals surface area contributed by atoms with E-state index in [9.17, 15) is 4.79 Å². The molecule has 3 heteroatoms. The number of hydrogen-bond donors (Lipinski definition) is 1. The maximum absolute atomic E-state index is 10.6. The normalized spacial score (nSPS) is 43.0. The lowest BCUT2D eigenvalue weighted by Crippen LogP contribution is -2.14. The fraction of sp³-hybridized carbons (Fsp3) is 0.833. The van der Waals surface area contributed by atoms with E-state index in [0.717, 1.165) is 0 Å². The van der Waals surface area contributed by atoms with E-state index in [-0.39, 0.29) is 17.8 Å². The molecule has 0 saturated carbocycles. The Balaban J connectivity index is 2.65. The van der Waals surface area contributed by atoms with Crippen LogP contribution in [-0.2, 0) is 9.53 Å². The summed E-state index contributed by atoms with van der Waals surface area (Å²) in [6.07, 6.45) is -0.882. The molecule has 0 aromatic heterocycles. The Bertz CT molecular complexity index is 132. The van der Waals surface area contributed by atoms with E-state index in [4.69, 9.17) is 5.11 Å². The molecule has 1 saturated heterocycles. The van der Waals surface area contributed by atoms with E-state index in [1.54, 1.807) is 13.8 Å². The lowest BCUT2D eigenvalue weighted by atomic mass is 9.99. The van der Waals surface area contributed by atoms with Crippen LogP contribution in [0.5, 0.6) is 0 Å². The van der Waals surface area contributed by atoms with E-state index in [1.165, 1.54) is 0 Å². The van der Waals surface area contributed by atoms with Gasteiger partial charge in [0, 0.05) is 5.92 Å². The number of aliphatic hydroxyl groups is 1. The summed E-state index contributed by atoms with van der Waals surface area (Å²) in [5.74, 6) is -0.507. The van der Waals surface area contributed by atoms with Crippen molar-refractivity contribution in [3.05, 3.63) is 0 Å². The average Bonchev–Trinajstić information content (AvgIpc) is 1.98. The summed E-state index contributed by atoms with van der Waals surface area (Å²) >= 11 is 0. The van der Waals surface area contributed by atoms with Gasteiger partial charge in [-0.25, -0.2) is 0 Å². The maximum atomic E-state index is 10.6. The van der Waals surface area contributed by atoms with Crippen molar-refractivity contribution in [2.75, 3.05) is 0 Å². The highest BCUT2D eigenvalue weighted by molar-refractivity contribution is 5.74. The highest BCUT2D eigenvalue weighted by Gasteiger charge is 2.37. The topological polar surface area (TPSA) is 46.5 Å². The Hall–Kier alpha value is -0.570. The minimum absolute atomic E-state index is 0.0579. The molecular formula is C6H10O3. The molecule has 9 heavy (non-hydrogen) atoms. The first kappa shape index (κ1) is 6.55. The number of esters is 1. The van der Waals surface area contributed by atoms with Crippen LogP contribution in [0.4, 0.5) is 0 Å². The van der Waals surface area contributed by atoms with E-state index >= 15 is 0 Å². The van der Waals surface area contributed by atoms with Crippen molar-refractivity contribution in [2.24, 2.45) is 11.8 Å². The molecule has 0 unspecified atom stereocenters. The smallest absolute Gasteiger partial charge is 0.311 e. The third-order valence-electron chi connectivity index (χ3n) is 1.85. The number of rotatable bonds is 0. The van der Waals surface area contributed by atoms with Crippen molar-refractivity contribution in [1.82, 2.24) is 0 Å². The van der Waals surface area contributed by atoms with Gasteiger partial charge < -0.3 is 9.84 Å². The summed E-state index contributed by atoms with van der Waals surface area (Å²) in [5, 5.41) is 8.90. The fourth-order valence-electron chi connectivity index (χ4n) is 0.795. The van der Waals surface area contributed by atoms with Gasteiger partial charge in [-0.05, 0) is 0 Å². The first-order chi connectivity index (χ1) is 4.13. The van der Waals surface area contributed by atoms with Gasteiger partial charge in [0.2, 0.25) is 6.29 Å². The summed E-state index contributed by atoms with van der Waals surface area (Å²) in [4.78, 5) is 10.6. The highest BCUT2D eigenvalue weighted by Crippen LogP contribution is 2.25. The number of carbonyl (C=O) groups excluding carboxylic acids is 1. The molecule has 0 spiro atoms. The van der Waals surface area contributed by atoms with Gasteiger partial charge in [-0.15, -0.1) is 0 Å². The molecule has 1 aliphatic rings. The lowest BCUT2D eigenvalue weighted by molar-refractivity contribution is -0.156. The van der Waals surface area contributed by atoms with Crippen molar-refractivity contribution < 1.29 is 14.6 Å². The van der Waals surface area contributed by atoms with Gasteiger partial charge in [0.1, 0.15) is 0 Å². The van der Waals surface area contributed by atoms with Crippen LogP contribution < -0.4 is 0 Å². The maximum Gasteiger partial charge on any atom is 0.311 e. The molecule has 0 amide bonds. The van der Waals surface area contributed by atoms with Crippen LogP contribution in [0.15, 0.2) is 0 Å². The molecular weight excluding hydrogens is 120 g/mol.